The molecule has 0 fully saturated rings. The lowest BCUT2D eigenvalue weighted by molar-refractivity contribution is 0.0702. The largest absolute Gasteiger partial charge is 0.490 e. The summed E-state index contributed by atoms with van der Waals surface area (Å²) in [6, 6.07) is 1.28. The number of carbonyl (C=O) groups is 1. The van der Waals surface area contributed by atoms with Crippen LogP contribution in [0.15, 0.2) is 10.3 Å². The SMILES string of the molecule is CSc1sc(C(=O)O)cc1B(O)O. The van der Waals surface area contributed by atoms with Crippen LogP contribution >= 0.6 is 23.1 Å². The van der Waals surface area contributed by atoms with Crippen molar-refractivity contribution in [1.82, 2.24) is 0 Å². The quantitative estimate of drug-likeness (QED) is 0.485. The Labute approximate surface area is 83.4 Å². The molecule has 0 spiro atoms. The maximum absolute atomic E-state index is 10.5. The molecule has 0 aliphatic rings. The molecule has 0 saturated heterocycles. The van der Waals surface area contributed by atoms with Crippen molar-refractivity contribution < 1.29 is 19.9 Å². The van der Waals surface area contributed by atoms with Crippen molar-refractivity contribution in [3.8, 4) is 0 Å². The normalized spacial score (nSPS) is 10.1. The van der Waals surface area contributed by atoms with Crippen LogP contribution in [-0.2, 0) is 0 Å². The summed E-state index contributed by atoms with van der Waals surface area (Å²) < 4.78 is 0.618. The Morgan fingerprint density at radius 3 is 2.54 bits per heavy atom. The van der Waals surface area contributed by atoms with Gasteiger partial charge in [-0.15, -0.1) is 23.1 Å². The first kappa shape index (κ1) is 10.6. The maximum atomic E-state index is 10.5. The minimum atomic E-state index is -1.60. The molecule has 0 amide bonds. The fourth-order valence-corrected chi connectivity index (χ4v) is 2.59. The van der Waals surface area contributed by atoms with Gasteiger partial charge in [-0.3, -0.25) is 0 Å². The van der Waals surface area contributed by atoms with Crippen LogP contribution in [0.3, 0.4) is 0 Å². The van der Waals surface area contributed by atoms with Crippen LogP contribution in [0.2, 0.25) is 0 Å². The Kier molecular flexibility index (Phi) is 3.37. The zero-order valence-electron chi connectivity index (χ0n) is 6.72. The summed E-state index contributed by atoms with van der Waals surface area (Å²) in [5.41, 5.74) is 0.259. The average Bonchev–Trinajstić information content (AvgIpc) is 2.47. The summed E-state index contributed by atoms with van der Waals surface area (Å²) in [4.78, 5) is 10.7. The van der Waals surface area contributed by atoms with E-state index in [4.69, 9.17) is 15.2 Å². The van der Waals surface area contributed by atoms with E-state index < -0.39 is 13.1 Å². The molecule has 0 radical (unpaired) electrons. The smallest absolute Gasteiger partial charge is 0.477 e. The molecule has 13 heavy (non-hydrogen) atoms. The van der Waals surface area contributed by atoms with Gasteiger partial charge in [0.05, 0.1) is 4.21 Å². The molecule has 7 heteroatoms. The van der Waals surface area contributed by atoms with Gasteiger partial charge in [0.15, 0.2) is 0 Å². The first-order valence-corrected chi connectivity index (χ1v) is 5.37. The van der Waals surface area contributed by atoms with Crippen molar-refractivity contribution >= 4 is 41.6 Å². The van der Waals surface area contributed by atoms with Gasteiger partial charge in [0.2, 0.25) is 0 Å². The van der Waals surface area contributed by atoms with E-state index in [9.17, 15) is 4.79 Å². The predicted molar refractivity (Wildman–Crippen MR) is 52.9 cm³/mol. The number of hydrogen-bond acceptors (Lipinski definition) is 5. The second-order valence-corrected chi connectivity index (χ2v) is 4.36. The van der Waals surface area contributed by atoms with Crippen molar-refractivity contribution in [3.63, 3.8) is 0 Å². The van der Waals surface area contributed by atoms with E-state index in [0.29, 0.717) is 4.21 Å². The molecule has 1 rings (SSSR count). The van der Waals surface area contributed by atoms with Gasteiger partial charge in [-0.2, -0.15) is 0 Å². The van der Waals surface area contributed by atoms with E-state index in [0.717, 1.165) is 11.3 Å². The Hall–Kier alpha value is -0.495. The van der Waals surface area contributed by atoms with E-state index >= 15 is 0 Å². The Morgan fingerprint density at radius 1 is 1.62 bits per heavy atom. The van der Waals surface area contributed by atoms with Crippen LogP contribution in [0.1, 0.15) is 9.67 Å². The molecule has 70 valence electrons. The fourth-order valence-electron chi connectivity index (χ4n) is 0.833. The molecular formula is C6H7BO4S2. The standard InChI is InChI=1S/C6H7BO4S2/c1-12-6-3(7(10)11)2-4(13-6)5(8)9/h2,10-11H,1H3,(H,8,9). The minimum absolute atomic E-state index is 0.118. The number of carboxylic acids is 1. The van der Waals surface area contributed by atoms with Gasteiger partial charge in [0.25, 0.3) is 0 Å². The molecule has 0 aromatic carbocycles. The molecule has 0 bridgehead atoms. The number of carboxylic acid groups (broad SMARTS) is 1. The van der Waals surface area contributed by atoms with E-state index in [-0.39, 0.29) is 10.3 Å². The number of rotatable bonds is 3. The molecule has 4 nitrogen and oxygen atoms in total. The third-order valence-electron chi connectivity index (χ3n) is 1.40. The first-order valence-electron chi connectivity index (χ1n) is 3.33. The van der Waals surface area contributed by atoms with E-state index in [1.54, 1.807) is 6.26 Å². The van der Waals surface area contributed by atoms with Gasteiger partial charge in [0, 0.05) is 5.46 Å². The van der Waals surface area contributed by atoms with E-state index in [2.05, 4.69) is 0 Å². The Bertz CT molecular complexity index is 322. The second-order valence-electron chi connectivity index (χ2n) is 2.24. The van der Waals surface area contributed by atoms with E-state index in [1.807, 2.05) is 0 Å². The van der Waals surface area contributed by atoms with Gasteiger partial charge < -0.3 is 15.2 Å². The minimum Gasteiger partial charge on any atom is -0.477 e. The summed E-state index contributed by atoms with van der Waals surface area (Å²) in [6.07, 6.45) is 1.75. The molecular weight excluding hydrogens is 211 g/mol. The monoisotopic (exact) mass is 218 g/mol. The molecule has 0 saturated carbocycles. The van der Waals surface area contributed by atoms with Crippen LogP contribution in [0.4, 0.5) is 0 Å². The molecule has 0 aliphatic carbocycles. The number of thiophene rings is 1. The van der Waals surface area contributed by atoms with Gasteiger partial charge in [-0.1, -0.05) is 0 Å². The van der Waals surface area contributed by atoms with Crippen molar-refractivity contribution in [2.45, 2.75) is 4.21 Å². The summed E-state index contributed by atoms with van der Waals surface area (Å²) in [5.74, 6) is -1.05. The third-order valence-corrected chi connectivity index (χ3v) is 3.69. The van der Waals surface area contributed by atoms with Gasteiger partial charge in [0.1, 0.15) is 4.88 Å². The number of thioether (sulfide) groups is 1. The van der Waals surface area contributed by atoms with Crippen molar-refractivity contribution in [3.05, 3.63) is 10.9 Å². The van der Waals surface area contributed by atoms with Crippen LogP contribution < -0.4 is 5.46 Å². The van der Waals surface area contributed by atoms with Gasteiger partial charge >= 0.3 is 13.1 Å². The summed E-state index contributed by atoms with van der Waals surface area (Å²) in [6.45, 7) is 0. The predicted octanol–water partition coefficient (Wildman–Crippen LogP) is -0.152. The van der Waals surface area contributed by atoms with Gasteiger partial charge in [-0.05, 0) is 12.3 Å². The summed E-state index contributed by atoms with van der Waals surface area (Å²) in [5, 5.41) is 26.4. The number of aromatic carboxylic acids is 1. The molecule has 1 heterocycles. The first-order chi connectivity index (χ1) is 6.06. The fraction of sp³-hybridized carbons (Fsp3) is 0.167. The average molecular weight is 218 g/mol. The highest BCUT2D eigenvalue weighted by molar-refractivity contribution is 8.00. The molecule has 3 N–H and O–H groups in total. The van der Waals surface area contributed by atoms with Crippen LogP contribution in [-0.4, -0.2) is 34.5 Å². The Balaban J connectivity index is 3.11. The maximum Gasteiger partial charge on any atom is 0.490 e. The molecule has 1 aromatic heterocycles. The summed E-state index contributed by atoms with van der Waals surface area (Å²) >= 11 is 2.34. The van der Waals surface area contributed by atoms with Crippen LogP contribution in [0.5, 0.6) is 0 Å². The molecule has 0 aliphatic heterocycles. The van der Waals surface area contributed by atoms with Crippen LogP contribution in [0, 0.1) is 0 Å². The van der Waals surface area contributed by atoms with Gasteiger partial charge in [-0.25, -0.2) is 4.79 Å². The lowest BCUT2D eigenvalue weighted by Crippen LogP contribution is -2.29. The number of hydrogen-bond donors (Lipinski definition) is 3. The zero-order valence-corrected chi connectivity index (χ0v) is 8.35. The molecule has 1 aromatic rings. The van der Waals surface area contributed by atoms with Crippen molar-refractivity contribution in [2.24, 2.45) is 0 Å². The Morgan fingerprint density at radius 2 is 2.23 bits per heavy atom. The third kappa shape index (κ3) is 2.25. The van der Waals surface area contributed by atoms with E-state index in [1.165, 1.54) is 17.8 Å². The lowest BCUT2D eigenvalue weighted by atomic mass is 9.82. The lowest BCUT2D eigenvalue weighted by Gasteiger charge is -1.96. The van der Waals surface area contributed by atoms with Crippen molar-refractivity contribution in [2.75, 3.05) is 6.26 Å². The topological polar surface area (TPSA) is 77.8 Å². The van der Waals surface area contributed by atoms with Crippen molar-refractivity contribution in [1.29, 1.82) is 0 Å². The molecule has 0 atom stereocenters. The zero-order chi connectivity index (χ0) is 10.0. The highest BCUT2D eigenvalue weighted by atomic mass is 32.2. The second kappa shape index (κ2) is 4.14. The summed E-state index contributed by atoms with van der Waals surface area (Å²) in [7, 11) is -1.60. The highest BCUT2D eigenvalue weighted by Crippen LogP contribution is 2.23. The highest BCUT2D eigenvalue weighted by Gasteiger charge is 2.21. The molecule has 0 unspecified atom stereocenters. The van der Waals surface area contributed by atoms with Crippen LogP contribution in [0.25, 0.3) is 0 Å².